The van der Waals surface area contributed by atoms with Crippen LogP contribution in [0.1, 0.15) is 29.8 Å². The predicted octanol–water partition coefficient (Wildman–Crippen LogP) is 1.33. The van der Waals surface area contributed by atoms with Crippen LogP contribution in [0.15, 0.2) is 0 Å². The van der Waals surface area contributed by atoms with E-state index in [1.165, 1.54) is 11.3 Å². The first-order chi connectivity index (χ1) is 8.09. The van der Waals surface area contributed by atoms with E-state index in [4.69, 9.17) is 10.5 Å². The zero-order valence-corrected chi connectivity index (χ0v) is 11.1. The second-order valence-electron chi connectivity index (χ2n) is 5.09. The zero-order chi connectivity index (χ0) is 12.4. The van der Waals surface area contributed by atoms with Crippen LogP contribution in [0.25, 0.3) is 0 Å². The maximum absolute atomic E-state index is 6.33. The molecule has 4 heteroatoms. The first-order valence-corrected chi connectivity index (χ1v) is 6.42. The van der Waals surface area contributed by atoms with E-state index < -0.39 is 0 Å². The second kappa shape index (κ2) is 5.19. The number of aromatic nitrogens is 2. The average molecular weight is 237 g/mol. The van der Waals surface area contributed by atoms with E-state index in [1.807, 2.05) is 11.7 Å². The predicted molar refractivity (Wildman–Crippen MR) is 67.9 cm³/mol. The molecule has 0 amide bonds. The Kier molecular flexibility index (Phi) is 3.84. The lowest BCUT2D eigenvalue weighted by atomic mass is 9.88. The fraction of sp³-hybridized carbons (Fsp3) is 0.769. The van der Waals surface area contributed by atoms with Gasteiger partial charge in [-0.1, -0.05) is 0 Å². The number of nitrogens with zero attached hydrogens (tertiary/aromatic N) is 2. The van der Waals surface area contributed by atoms with Crippen LogP contribution in [0.4, 0.5) is 0 Å². The summed E-state index contributed by atoms with van der Waals surface area (Å²) in [5, 5.41) is 4.45. The molecule has 1 unspecified atom stereocenters. The van der Waals surface area contributed by atoms with Crippen LogP contribution in [0.5, 0.6) is 0 Å². The summed E-state index contributed by atoms with van der Waals surface area (Å²) >= 11 is 0. The molecule has 0 bridgehead atoms. The van der Waals surface area contributed by atoms with Crippen molar-refractivity contribution >= 4 is 0 Å². The molecule has 1 aliphatic rings. The second-order valence-corrected chi connectivity index (χ2v) is 5.09. The molecular formula is C13H23N3O. The lowest BCUT2D eigenvalue weighted by Gasteiger charge is -2.27. The molecule has 17 heavy (non-hydrogen) atoms. The average Bonchev–Trinajstić information content (AvgIpc) is 2.57. The number of hydrogen-bond acceptors (Lipinski definition) is 3. The fourth-order valence-electron chi connectivity index (χ4n) is 2.66. The minimum Gasteiger partial charge on any atom is -0.381 e. The van der Waals surface area contributed by atoms with Gasteiger partial charge in [0, 0.05) is 32.0 Å². The zero-order valence-electron chi connectivity index (χ0n) is 11.1. The van der Waals surface area contributed by atoms with Gasteiger partial charge in [-0.2, -0.15) is 5.10 Å². The van der Waals surface area contributed by atoms with E-state index in [9.17, 15) is 0 Å². The highest BCUT2D eigenvalue weighted by Gasteiger charge is 2.23. The summed E-state index contributed by atoms with van der Waals surface area (Å²) in [6.45, 7) is 5.91. The Morgan fingerprint density at radius 1 is 1.41 bits per heavy atom. The molecule has 0 radical (unpaired) electrons. The lowest BCUT2D eigenvalue weighted by Crippen LogP contribution is -2.36. The first-order valence-electron chi connectivity index (χ1n) is 6.42. The highest BCUT2D eigenvalue weighted by Crippen LogP contribution is 2.22. The summed E-state index contributed by atoms with van der Waals surface area (Å²) in [4.78, 5) is 0. The Bertz CT molecular complexity index is 380. The molecule has 96 valence electrons. The minimum absolute atomic E-state index is 0.237. The van der Waals surface area contributed by atoms with Crippen molar-refractivity contribution < 1.29 is 4.74 Å². The standard InChI is InChI=1S/C13H23N3O/c1-9-12(10(2)16(3)15-9)8-13(14)11-4-6-17-7-5-11/h11,13H,4-8,14H2,1-3H3. The Morgan fingerprint density at radius 2 is 2.06 bits per heavy atom. The fourth-order valence-corrected chi connectivity index (χ4v) is 2.66. The quantitative estimate of drug-likeness (QED) is 0.863. The third-order valence-corrected chi connectivity index (χ3v) is 3.97. The molecule has 2 N–H and O–H groups in total. The molecular weight excluding hydrogens is 214 g/mol. The Balaban J connectivity index is 2.04. The number of nitrogens with two attached hydrogens (primary N) is 1. The molecule has 4 nitrogen and oxygen atoms in total. The smallest absolute Gasteiger partial charge is 0.0628 e. The molecule has 1 saturated heterocycles. The molecule has 1 aliphatic heterocycles. The van der Waals surface area contributed by atoms with Gasteiger partial charge in [0.15, 0.2) is 0 Å². The monoisotopic (exact) mass is 237 g/mol. The summed E-state index contributed by atoms with van der Waals surface area (Å²) in [7, 11) is 1.99. The summed E-state index contributed by atoms with van der Waals surface area (Å²) in [6, 6.07) is 0.237. The number of ether oxygens (including phenoxy) is 1. The van der Waals surface area contributed by atoms with Crippen LogP contribution >= 0.6 is 0 Å². The lowest BCUT2D eigenvalue weighted by molar-refractivity contribution is 0.0584. The van der Waals surface area contributed by atoms with Crippen molar-refractivity contribution in [3.63, 3.8) is 0 Å². The molecule has 0 spiro atoms. The molecule has 2 rings (SSSR count). The summed E-state index contributed by atoms with van der Waals surface area (Å²) in [6.07, 6.45) is 3.13. The summed E-state index contributed by atoms with van der Waals surface area (Å²) in [5.41, 5.74) is 10.0. The van der Waals surface area contributed by atoms with Crippen LogP contribution in [0, 0.1) is 19.8 Å². The van der Waals surface area contributed by atoms with Gasteiger partial charge in [-0.3, -0.25) is 4.68 Å². The van der Waals surface area contributed by atoms with Crippen molar-refractivity contribution in [1.29, 1.82) is 0 Å². The topological polar surface area (TPSA) is 53.1 Å². The molecule has 0 aliphatic carbocycles. The van der Waals surface area contributed by atoms with Crippen molar-refractivity contribution in [3.8, 4) is 0 Å². The van der Waals surface area contributed by atoms with Gasteiger partial charge in [0.05, 0.1) is 5.69 Å². The van der Waals surface area contributed by atoms with E-state index in [0.29, 0.717) is 5.92 Å². The van der Waals surface area contributed by atoms with E-state index >= 15 is 0 Å². The van der Waals surface area contributed by atoms with Crippen molar-refractivity contribution in [3.05, 3.63) is 17.0 Å². The van der Waals surface area contributed by atoms with E-state index in [2.05, 4.69) is 18.9 Å². The van der Waals surface area contributed by atoms with Crippen molar-refractivity contribution in [1.82, 2.24) is 9.78 Å². The number of hydrogen-bond donors (Lipinski definition) is 1. The summed E-state index contributed by atoms with van der Waals surface area (Å²) in [5.74, 6) is 0.600. The van der Waals surface area contributed by atoms with Gasteiger partial charge in [0.2, 0.25) is 0 Å². The minimum atomic E-state index is 0.237. The molecule has 1 aromatic heterocycles. The van der Waals surface area contributed by atoms with Gasteiger partial charge >= 0.3 is 0 Å². The normalized spacial score (nSPS) is 19.5. The van der Waals surface area contributed by atoms with Crippen molar-refractivity contribution in [2.45, 2.75) is 39.2 Å². The summed E-state index contributed by atoms with van der Waals surface area (Å²) < 4.78 is 7.33. The van der Waals surface area contributed by atoms with Crippen LogP contribution in [0.2, 0.25) is 0 Å². The highest BCUT2D eigenvalue weighted by atomic mass is 16.5. The molecule has 2 heterocycles. The van der Waals surface area contributed by atoms with Gasteiger partial charge in [0.25, 0.3) is 0 Å². The van der Waals surface area contributed by atoms with Gasteiger partial charge in [0.1, 0.15) is 0 Å². The Hall–Kier alpha value is -0.870. The van der Waals surface area contributed by atoms with Crippen LogP contribution in [0.3, 0.4) is 0 Å². The molecule has 1 fully saturated rings. The van der Waals surface area contributed by atoms with Crippen molar-refractivity contribution in [2.75, 3.05) is 13.2 Å². The number of aryl methyl sites for hydroxylation is 2. The molecule has 1 aromatic rings. The van der Waals surface area contributed by atoms with Crippen LogP contribution in [-0.4, -0.2) is 29.0 Å². The third-order valence-electron chi connectivity index (χ3n) is 3.97. The molecule has 1 atom stereocenters. The van der Waals surface area contributed by atoms with Crippen LogP contribution < -0.4 is 5.73 Å². The third kappa shape index (κ3) is 2.69. The molecule has 0 aromatic carbocycles. The van der Waals surface area contributed by atoms with Gasteiger partial charge in [-0.05, 0) is 44.6 Å². The van der Waals surface area contributed by atoms with E-state index in [0.717, 1.165) is 38.2 Å². The highest BCUT2D eigenvalue weighted by molar-refractivity contribution is 5.25. The number of rotatable bonds is 3. The Morgan fingerprint density at radius 3 is 2.59 bits per heavy atom. The SMILES string of the molecule is Cc1nn(C)c(C)c1CC(N)C1CCOCC1. The maximum Gasteiger partial charge on any atom is 0.0628 e. The Labute approximate surface area is 103 Å². The van der Waals surface area contributed by atoms with Gasteiger partial charge in [-0.25, -0.2) is 0 Å². The van der Waals surface area contributed by atoms with Gasteiger partial charge < -0.3 is 10.5 Å². The molecule has 0 saturated carbocycles. The first kappa shape index (κ1) is 12.6. The largest absolute Gasteiger partial charge is 0.381 e. The van der Waals surface area contributed by atoms with E-state index in [-0.39, 0.29) is 6.04 Å². The van der Waals surface area contributed by atoms with Crippen LogP contribution in [-0.2, 0) is 18.2 Å². The van der Waals surface area contributed by atoms with Crippen molar-refractivity contribution in [2.24, 2.45) is 18.7 Å². The maximum atomic E-state index is 6.33. The van der Waals surface area contributed by atoms with E-state index in [1.54, 1.807) is 0 Å². The van der Waals surface area contributed by atoms with Gasteiger partial charge in [-0.15, -0.1) is 0 Å².